The summed E-state index contributed by atoms with van der Waals surface area (Å²) in [7, 11) is 0. The lowest BCUT2D eigenvalue weighted by Gasteiger charge is -2.41. The Morgan fingerprint density at radius 2 is 1.48 bits per heavy atom. The maximum absolute atomic E-state index is 13.1. The highest BCUT2D eigenvalue weighted by Crippen LogP contribution is 2.28. The number of benzene rings is 1. The zero-order valence-corrected chi connectivity index (χ0v) is 14.6. The molecule has 0 saturated heterocycles. The maximum Gasteiger partial charge on any atom is 0.157 e. The molecule has 2 nitrogen and oxygen atoms in total. The largest absolute Gasteiger partial charge is 0.297 e. The zero-order valence-electron chi connectivity index (χ0n) is 14.6. The molecule has 0 N–H and O–H groups in total. The van der Waals surface area contributed by atoms with Gasteiger partial charge in [-0.1, -0.05) is 45.9 Å². The van der Waals surface area contributed by atoms with Gasteiger partial charge in [-0.3, -0.25) is 9.69 Å². The van der Waals surface area contributed by atoms with Crippen molar-refractivity contribution in [3.63, 3.8) is 0 Å². The molecule has 0 fully saturated rings. The second-order valence-corrected chi connectivity index (χ2v) is 5.88. The fraction of sp³-hybridized carbons (Fsp3) is 0.632. The first-order valence-corrected chi connectivity index (χ1v) is 8.30. The summed E-state index contributed by atoms with van der Waals surface area (Å²) < 4.78 is 0. The number of hydrogen-bond donors (Lipinski definition) is 0. The lowest BCUT2D eigenvalue weighted by atomic mass is 9.81. The van der Waals surface area contributed by atoms with Crippen molar-refractivity contribution in [2.24, 2.45) is 0 Å². The fourth-order valence-corrected chi connectivity index (χ4v) is 3.55. The maximum atomic E-state index is 13.1. The van der Waals surface area contributed by atoms with Crippen molar-refractivity contribution in [1.82, 2.24) is 4.90 Å². The first-order chi connectivity index (χ1) is 9.96. The molecule has 0 aliphatic rings. The Labute approximate surface area is 130 Å². The average Bonchev–Trinajstić information content (AvgIpc) is 2.48. The molecular formula is C19H31NO. The molecule has 1 aromatic rings. The van der Waals surface area contributed by atoms with Gasteiger partial charge in [-0.2, -0.15) is 0 Å². The monoisotopic (exact) mass is 289 g/mol. The molecule has 0 saturated carbocycles. The fourth-order valence-electron chi connectivity index (χ4n) is 3.55. The third kappa shape index (κ3) is 3.55. The second-order valence-electron chi connectivity index (χ2n) is 5.88. The number of rotatable bonds is 8. The van der Waals surface area contributed by atoms with E-state index in [0.717, 1.165) is 25.9 Å². The highest BCUT2D eigenvalue weighted by Gasteiger charge is 2.38. The van der Waals surface area contributed by atoms with E-state index in [0.29, 0.717) is 12.2 Å². The van der Waals surface area contributed by atoms with Crippen LogP contribution in [0.15, 0.2) is 18.2 Å². The Hall–Kier alpha value is -1.15. The zero-order chi connectivity index (χ0) is 16.0. The van der Waals surface area contributed by atoms with Crippen molar-refractivity contribution < 1.29 is 4.79 Å². The Balaban J connectivity index is 3.13. The number of likely N-dealkylation sites (N-methyl/N-ethyl adjacent to an activating group) is 1. The van der Waals surface area contributed by atoms with Gasteiger partial charge in [-0.15, -0.1) is 0 Å². The molecule has 0 unspecified atom stereocenters. The van der Waals surface area contributed by atoms with Crippen molar-refractivity contribution in [3.8, 4) is 0 Å². The third-order valence-corrected chi connectivity index (χ3v) is 5.04. The van der Waals surface area contributed by atoms with E-state index in [1.54, 1.807) is 0 Å². The van der Waals surface area contributed by atoms with Gasteiger partial charge in [0.25, 0.3) is 0 Å². The number of carbonyl (C=O) groups is 1. The quantitative estimate of drug-likeness (QED) is 0.710. The van der Waals surface area contributed by atoms with Gasteiger partial charge >= 0.3 is 0 Å². The Kier molecular flexibility index (Phi) is 6.60. The van der Waals surface area contributed by atoms with Crippen molar-refractivity contribution >= 4 is 5.78 Å². The average molecular weight is 289 g/mol. The van der Waals surface area contributed by atoms with E-state index in [1.165, 1.54) is 16.7 Å². The van der Waals surface area contributed by atoms with Crippen LogP contribution in [0.4, 0.5) is 0 Å². The molecule has 0 aliphatic carbocycles. The second kappa shape index (κ2) is 7.74. The van der Waals surface area contributed by atoms with Crippen LogP contribution in [0, 0.1) is 13.8 Å². The van der Waals surface area contributed by atoms with Gasteiger partial charge in [0.1, 0.15) is 0 Å². The number of Topliss-reactive ketones (excluding diaryl/α,β-unsaturated/α-hetero) is 1. The summed E-state index contributed by atoms with van der Waals surface area (Å²) in [6, 6.07) is 6.27. The van der Waals surface area contributed by atoms with E-state index in [1.807, 2.05) is 0 Å². The molecule has 1 rings (SSSR count). The van der Waals surface area contributed by atoms with Crippen LogP contribution in [0.3, 0.4) is 0 Å². The minimum atomic E-state index is -0.307. The molecule has 0 aromatic heterocycles. The van der Waals surface area contributed by atoms with Crippen LogP contribution in [-0.4, -0.2) is 29.3 Å². The van der Waals surface area contributed by atoms with Gasteiger partial charge in [-0.05, 0) is 56.5 Å². The number of hydrogen-bond acceptors (Lipinski definition) is 2. The van der Waals surface area contributed by atoms with E-state index in [4.69, 9.17) is 0 Å². The molecule has 118 valence electrons. The standard InChI is InChI=1S/C19H31NO/c1-7-19(8-2,20(9-3)10-4)18(21)14-17-15(5)12-11-13-16(17)6/h11-13H,7-10,14H2,1-6H3. The molecule has 2 heteroatoms. The summed E-state index contributed by atoms with van der Waals surface area (Å²) in [5.41, 5.74) is 3.35. The highest BCUT2D eigenvalue weighted by atomic mass is 16.1. The third-order valence-electron chi connectivity index (χ3n) is 5.04. The van der Waals surface area contributed by atoms with Crippen LogP contribution in [0.2, 0.25) is 0 Å². The van der Waals surface area contributed by atoms with E-state index >= 15 is 0 Å². The summed E-state index contributed by atoms with van der Waals surface area (Å²) >= 11 is 0. The van der Waals surface area contributed by atoms with Gasteiger partial charge in [0.05, 0.1) is 5.54 Å². The van der Waals surface area contributed by atoms with Crippen molar-refractivity contribution in [2.75, 3.05) is 13.1 Å². The minimum Gasteiger partial charge on any atom is -0.297 e. The van der Waals surface area contributed by atoms with Crippen LogP contribution in [0.25, 0.3) is 0 Å². The summed E-state index contributed by atoms with van der Waals surface area (Å²) in [4.78, 5) is 15.5. The molecule has 1 aromatic carbocycles. The molecular weight excluding hydrogens is 258 g/mol. The van der Waals surface area contributed by atoms with E-state index < -0.39 is 0 Å². The first kappa shape index (κ1) is 17.9. The van der Waals surface area contributed by atoms with Gasteiger partial charge in [0.2, 0.25) is 0 Å². The molecule has 21 heavy (non-hydrogen) atoms. The topological polar surface area (TPSA) is 20.3 Å². The molecule has 0 aliphatic heterocycles. The molecule has 0 amide bonds. The lowest BCUT2D eigenvalue weighted by molar-refractivity contribution is -0.131. The van der Waals surface area contributed by atoms with E-state index in [2.05, 4.69) is 64.6 Å². The molecule has 0 atom stereocenters. The SMILES string of the molecule is CCN(CC)C(CC)(CC)C(=O)Cc1c(C)cccc1C. The van der Waals surface area contributed by atoms with E-state index in [-0.39, 0.29) is 5.54 Å². The van der Waals surface area contributed by atoms with Gasteiger partial charge in [-0.25, -0.2) is 0 Å². The Bertz CT molecular complexity index is 450. The van der Waals surface area contributed by atoms with Crippen LogP contribution in [0.5, 0.6) is 0 Å². The number of ketones is 1. The minimum absolute atomic E-state index is 0.307. The summed E-state index contributed by atoms with van der Waals surface area (Å²) in [5, 5.41) is 0. The van der Waals surface area contributed by atoms with Crippen molar-refractivity contribution in [1.29, 1.82) is 0 Å². The predicted molar refractivity (Wildman–Crippen MR) is 90.9 cm³/mol. The van der Waals surface area contributed by atoms with Crippen molar-refractivity contribution in [3.05, 3.63) is 34.9 Å². The smallest absolute Gasteiger partial charge is 0.157 e. The van der Waals surface area contributed by atoms with Crippen LogP contribution >= 0.6 is 0 Å². The van der Waals surface area contributed by atoms with Crippen LogP contribution < -0.4 is 0 Å². The lowest BCUT2D eigenvalue weighted by Crippen LogP contribution is -2.54. The van der Waals surface area contributed by atoms with Crippen LogP contribution in [0.1, 0.15) is 57.2 Å². The number of nitrogens with zero attached hydrogens (tertiary/aromatic N) is 1. The summed E-state index contributed by atoms with van der Waals surface area (Å²) in [5.74, 6) is 0.369. The van der Waals surface area contributed by atoms with Gasteiger partial charge in [0.15, 0.2) is 5.78 Å². The van der Waals surface area contributed by atoms with E-state index in [9.17, 15) is 4.79 Å². The normalized spacial score (nSPS) is 12.0. The first-order valence-electron chi connectivity index (χ1n) is 8.30. The van der Waals surface area contributed by atoms with Gasteiger partial charge < -0.3 is 0 Å². The van der Waals surface area contributed by atoms with Gasteiger partial charge in [0, 0.05) is 6.42 Å². The molecule has 0 spiro atoms. The van der Waals surface area contributed by atoms with Crippen LogP contribution in [-0.2, 0) is 11.2 Å². The summed E-state index contributed by atoms with van der Waals surface area (Å²) in [6.07, 6.45) is 2.32. The molecule has 0 bridgehead atoms. The molecule has 0 radical (unpaired) electrons. The Morgan fingerprint density at radius 1 is 1.00 bits per heavy atom. The number of carbonyl (C=O) groups excluding carboxylic acids is 1. The Morgan fingerprint density at radius 3 is 1.86 bits per heavy atom. The highest BCUT2D eigenvalue weighted by molar-refractivity contribution is 5.90. The van der Waals surface area contributed by atoms with Crippen molar-refractivity contribution in [2.45, 2.75) is 66.3 Å². The molecule has 0 heterocycles. The predicted octanol–water partition coefficient (Wildman–Crippen LogP) is 4.32. The summed E-state index contributed by atoms with van der Waals surface area (Å²) in [6.45, 7) is 14.6. The number of aryl methyl sites for hydroxylation is 2.